The first-order chi connectivity index (χ1) is 10.4. The van der Waals surface area contributed by atoms with E-state index in [1.807, 2.05) is 6.07 Å². The van der Waals surface area contributed by atoms with Gasteiger partial charge in [-0.25, -0.2) is 0 Å². The second-order valence-electron chi connectivity index (χ2n) is 6.84. The van der Waals surface area contributed by atoms with Crippen molar-refractivity contribution in [3.05, 3.63) is 72.0 Å². The number of furan rings is 1. The molecule has 0 aliphatic heterocycles. The lowest BCUT2D eigenvalue weighted by molar-refractivity contribution is 0.418. The predicted octanol–water partition coefficient (Wildman–Crippen LogP) is 6.22. The third kappa shape index (κ3) is 2.85. The summed E-state index contributed by atoms with van der Waals surface area (Å²) in [6, 6.07) is 21.1. The Labute approximate surface area is 132 Å². The fourth-order valence-corrected chi connectivity index (χ4v) is 2.64. The molecule has 0 spiro atoms. The average molecular weight is 290 g/mol. The summed E-state index contributed by atoms with van der Waals surface area (Å²) < 4.78 is 6.26. The van der Waals surface area contributed by atoms with E-state index in [2.05, 4.69) is 82.3 Å². The smallest absolute Gasteiger partial charge is 0.134 e. The molecule has 0 saturated heterocycles. The van der Waals surface area contributed by atoms with Crippen LogP contribution in [0, 0.1) is 6.92 Å². The predicted molar refractivity (Wildman–Crippen MR) is 93.0 cm³/mol. The molecule has 0 aliphatic carbocycles. The molecule has 1 aromatic heterocycles. The van der Waals surface area contributed by atoms with Crippen LogP contribution in [0.3, 0.4) is 0 Å². The molecule has 1 heteroatoms. The van der Waals surface area contributed by atoms with Crippen molar-refractivity contribution in [3.8, 4) is 22.5 Å². The van der Waals surface area contributed by atoms with Gasteiger partial charge in [0.25, 0.3) is 0 Å². The summed E-state index contributed by atoms with van der Waals surface area (Å²) in [5.41, 5.74) is 4.74. The molecule has 0 saturated carbocycles. The van der Waals surface area contributed by atoms with Crippen molar-refractivity contribution >= 4 is 0 Å². The van der Waals surface area contributed by atoms with Gasteiger partial charge in [-0.1, -0.05) is 80.9 Å². The standard InChI is InChI=1S/C21H22O/c1-15-10-12-17(13-11-15)19-14-18(16-8-6-5-7-9-16)20(22-19)21(2,3)4/h5-14H,1-4H3. The Morgan fingerprint density at radius 1 is 0.773 bits per heavy atom. The van der Waals surface area contributed by atoms with Gasteiger partial charge in [-0.3, -0.25) is 0 Å². The first-order valence-electron chi connectivity index (χ1n) is 7.72. The lowest BCUT2D eigenvalue weighted by Crippen LogP contribution is -2.10. The molecule has 22 heavy (non-hydrogen) atoms. The summed E-state index contributed by atoms with van der Waals surface area (Å²) in [6.07, 6.45) is 0. The maximum Gasteiger partial charge on any atom is 0.134 e. The van der Waals surface area contributed by atoms with Crippen LogP contribution in [0.1, 0.15) is 32.1 Å². The van der Waals surface area contributed by atoms with E-state index in [1.54, 1.807) is 0 Å². The minimum atomic E-state index is -0.0336. The Bertz CT molecular complexity index is 756. The molecule has 0 bridgehead atoms. The molecule has 2 aromatic carbocycles. The molecule has 0 unspecified atom stereocenters. The molecule has 3 aromatic rings. The molecular formula is C21H22O. The summed E-state index contributed by atoms with van der Waals surface area (Å²) in [5.74, 6) is 1.97. The van der Waals surface area contributed by atoms with Gasteiger partial charge in [-0.05, 0) is 18.6 Å². The molecule has 0 atom stereocenters. The fourth-order valence-electron chi connectivity index (χ4n) is 2.64. The zero-order valence-corrected chi connectivity index (χ0v) is 13.7. The fraction of sp³-hybridized carbons (Fsp3) is 0.238. The molecule has 0 N–H and O–H groups in total. The van der Waals surface area contributed by atoms with E-state index in [4.69, 9.17) is 4.42 Å². The van der Waals surface area contributed by atoms with Crippen LogP contribution >= 0.6 is 0 Å². The van der Waals surface area contributed by atoms with Gasteiger partial charge < -0.3 is 4.42 Å². The Kier molecular flexibility index (Phi) is 3.66. The number of hydrogen-bond acceptors (Lipinski definition) is 1. The maximum absolute atomic E-state index is 6.26. The number of hydrogen-bond donors (Lipinski definition) is 0. The summed E-state index contributed by atoms with van der Waals surface area (Å²) >= 11 is 0. The second-order valence-corrected chi connectivity index (χ2v) is 6.84. The highest BCUT2D eigenvalue weighted by Gasteiger charge is 2.24. The average Bonchev–Trinajstić information content (AvgIpc) is 2.94. The monoisotopic (exact) mass is 290 g/mol. The molecule has 1 nitrogen and oxygen atoms in total. The van der Waals surface area contributed by atoms with Crippen molar-refractivity contribution in [2.24, 2.45) is 0 Å². The maximum atomic E-state index is 6.26. The number of benzene rings is 2. The van der Waals surface area contributed by atoms with Crippen molar-refractivity contribution in [1.29, 1.82) is 0 Å². The SMILES string of the molecule is Cc1ccc(-c2cc(-c3ccccc3)c(C(C)(C)C)o2)cc1. The first-order valence-corrected chi connectivity index (χ1v) is 7.72. The molecule has 112 valence electrons. The van der Waals surface area contributed by atoms with Crippen LogP contribution in [-0.4, -0.2) is 0 Å². The highest BCUT2D eigenvalue weighted by atomic mass is 16.3. The zero-order chi connectivity index (χ0) is 15.7. The van der Waals surface area contributed by atoms with Crippen molar-refractivity contribution in [2.45, 2.75) is 33.1 Å². The lowest BCUT2D eigenvalue weighted by Gasteiger charge is -2.17. The summed E-state index contributed by atoms with van der Waals surface area (Å²) in [5, 5.41) is 0. The highest BCUT2D eigenvalue weighted by molar-refractivity contribution is 5.73. The van der Waals surface area contributed by atoms with E-state index in [-0.39, 0.29) is 5.41 Å². The molecule has 0 aliphatic rings. The molecule has 0 amide bonds. The van der Waals surface area contributed by atoms with E-state index in [1.165, 1.54) is 16.7 Å². The van der Waals surface area contributed by atoms with Crippen LogP contribution in [0.5, 0.6) is 0 Å². The van der Waals surface area contributed by atoms with E-state index in [0.717, 1.165) is 17.1 Å². The van der Waals surface area contributed by atoms with Crippen LogP contribution in [0.2, 0.25) is 0 Å². The number of aryl methyl sites for hydroxylation is 1. The van der Waals surface area contributed by atoms with Crippen LogP contribution in [-0.2, 0) is 5.41 Å². The lowest BCUT2D eigenvalue weighted by atomic mass is 9.88. The largest absolute Gasteiger partial charge is 0.460 e. The van der Waals surface area contributed by atoms with E-state index in [0.29, 0.717) is 0 Å². The van der Waals surface area contributed by atoms with Crippen molar-refractivity contribution in [1.82, 2.24) is 0 Å². The third-order valence-corrected chi connectivity index (χ3v) is 3.83. The molecule has 3 rings (SSSR count). The Morgan fingerprint density at radius 2 is 1.41 bits per heavy atom. The molecule has 1 heterocycles. The minimum absolute atomic E-state index is 0.0336. The van der Waals surface area contributed by atoms with Gasteiger partial charge in [-0.15, -0.1) is 0 Å². The molecular weight excluding hydrogens is 268 g/mol. The molecule has 0 fully saturated rings. The molecule has 0 radical (unpaired) electrons. The topological polar surface area (TPSA) is 13.1 Å². The first kappa shape index (κ1) is 14.6. The van der Waals surface area contributed by atoms with E-state index < -0.39 is 0 Å². The summed E-state index contributed by atoms with van der Waals surface area (Å²) in [4.78, 5) is 0. The van der Waals surface area contributed by atoms with Crippen LogP contribution < -0.4 is 0 Å². The normalized spacial score (nSPS) is 11.6. The minimum Gasteiger partial charge on any atom is -0.460 e. The third-order valence-electron chi connectivity index (χ3n) is 3.83. The van der Waals surface area contributed by atoms with Crippen molar-refractivity contribution < 1.29 is 4.42 Å². The van der Waals surface area contributed by atoms with E-state index in [9.17, 15) is 0 Å². The van der Waals surface area contributed by atoms with Gasteiger partial charge in [0.1, 0.15) is 11.5 Å². The second kappa shape index (κ2) is 5.49. The van der Waals surface area contributed by atoms with Crippen LogP contribution in [0.15, 0.2) is 65.1 Å². The zero-order valence-electron chi connectivity index (χ0n) is 13.7. The van der Waals surface area contributed by atoms with Gasteiger partial charge in [-0.2, -0.15) is 0 Å². The van der Waals surface area contributed by atoms with Gasteiger partial charge >= 0.3 is 0 Å². The Hall–Kier alpha value is -2.28. The van der Waals surface area contributed by atoms with Gasteiger partial charge in [0.05, 0.1) is 0 Å². The number of rotatable bonds is 2. The quantitative estimate of drug-likeness (QED) is 0.546. The van der Waals surface area contributed by atoms with Gasteiger partial charge in [0.2, 0.25) is 0 Å². The summed E-state index contributed by atoms with van der Waals surface area (Å²) in [7, 11) is 0. The summed E-state index contributed by atoms with van der Waals surface area (Å²) in [6.45, 7) is 8.67. The van der Waals surface area contributed by atoms with Gasteiger partial charge in [0, 0.05) is 16.5 Å². The van der Waals surface area contributed by atoms with E-state index >= 15 is 0 Å². The van der Waals surface area contributed by atoms with Crippen molar-refractivity contribution in [3.63, 3.8) is 0 Å². The Morgan fingerprint density at radius 3 is 2.00 bits per heavy atom. The van der Waals surface area contributed by atoms with Crippen molar-refractivity contribution in [2.75, 3.05) is 0 Å². The van der Waals surface area contributed by atoms with Crippen LogP contribution in [0.25, 0.3) is 22.5 Å². The highest BCUT2D eigenvalue weighted by Crippen LogP contribution is 2.38. The van der Waals surface area contributed by atoms with Gasteiger partial charge in [0.15, 0.2) is 0 Å². The van der Waals surface area contributed by atoms with Crippen LogP contribution in [0.4, 0.5) is 0 Å². The Balaban J connectivity index is 2.15.